The van der Waals surface area contributed by atoms with Crippen LogP contribution in [0.5, 0.6) is 0 Å². The molecular formula is C15H16N4. The highest BCUT2D eigenvalue weighted by Gasteiger charge is 2.10. The number of benzene rings is 1. The molecule has 4 nitrogen and oxygen atoms in total. The van der Waals surface area contributed by atoms with Crippen LogP contribution in [-0.2, 0) is 6.42 Å². The van der Waals surface area contributed by atoms with Gasteiger partial charge in [0.2, 0.25) is 0 Å². The molecule has 2 N–H and O–H groups in total. The number of nitrogen functional groups attached to an aromatic ring is 1. The average molecular weight is 252 g/mol. The summed E-state index contributed by atoms with van der Waals surface area (Å²) in [6, 6.07) is 10.3. The highest BCUT2D eigenvalue weighted by atomic mass is 15.2. The van der Waals surface area contributed by atoms with Gasteiger partial charge < -0.3 is 5.73 Å². The van der Waals surface area contributed by atoms with Crippen molar-refractivity contribution in [2.45, 2.75) is 20.3 Å². The molecular weight excluding hydrogens is 236 g/mol. The minimum Gasteiger partial charge on any atom is -0.398 e. The Hall–Kier alpha value is -2.36. The number of rotatable bonds is 2. The first-order valence-corrected chi connectivity index (χ1v) is 6.39. The fourth-order valence-electron chi connectivity index (χ4n) is 2.27. The lowest BCUT2D eigenvalue weighted by molar-refractivity contribution is 1.10. The monoisotopic (exact) mass is 252 g/mol. The Morgan fingerprint density at radius 3 is 2.58 bits per heavy atom. The van der Waals surface area contributed by atoms with Crippen LogP contribution in [0.4, 0.5) is 5.69 Å². The van der Waals surface area contributed by atoms with Crippen molar-refractivity contribution in [2.75, 3.05) is 5.73 Å². The Labute approximate surface area is 111 Å². The molecule has 2 heterocycles. The quantitative estimate of drug-likeness (QED) is 0.763. The van der Waals surface area contributed by atoms with Gasteiger partial charge in [0.25, 0.3) is 0 Å². The molecule has 0 aliphatic heterocycles. The average Bonchev–Trinajstić information content (AvgIpc) is 2.83. The minimum absolute atomic E-state index is 0.719. The van der Waals surface area contributed by atoms with Crippen molar-refractivity contribution in [2.24, 2.45) is 0 Å². The van der Waals surface area contributed by atoms with Crippen molar-refractivity contribution in [3.8, 4) is 11.4 Å². The molecule has 0 saturated carbocycles. The van der Waals surface area contributed by atoms with Crippen LogP contribution < -0.4 is 5.73 Å². The lowest BCUT2D eigenvalue weighted by Crippen LogP contribution is -1.95. The molecule has 4 heteroatoms. The van der Waals surface area contributed by atoms with Gasteiger partial charge in [-0.2, -0.15) is 0 Å². The maximum Gasteiger partial charge on any atom is 0.168 e. The molecule has 0 saturated heterocycles. The van der Waals surface area contributed by atoms with Crippen LogP contribution in [0.1, 0.15) is 18.1 Å². The maximum atomic E-state index is 5.90. The summed E-state index contributed by atoms with van der Waals surface area (Å²) in [6.07, 6.45) is 2.90. The first-order chi connectivity index (χ1) is 9.19. The van der Waals surface area contributed by atoms with Crippen molar-refractivity contribution in [1.29, 1.82) is 0 Å². The third-order valence-corrected chi connectivity index (χ3v) is 3.33. The van der Waals surface area contributed by atoms with E-state index >= 15 is 0 Å². The first kappa shape index (κ1) is 11.7. The van der Waals surface area contributed by atoms with Crippen LogP contribution in [0.25, 0.3) is 17.0 Å². The van der Waals surface area contributed by atoms with E-state index in [1.807, 2.05) is 23.6 Å². The molecule has 3 rings (SSSR count). The highest BCUT2D eigenvalue weighted by Crippen LogP contribution is 2.22. The lowest BCUT2D eigenvalue weighted by atomic mass is 10.1. The van der Waals surface area contributed by atoms with Crippen LogP contribution >= 0.6 is 0 Å². The molecule has 0 fully saturated rings. The first-order valence-electron chi connectivity index (χ1n) is 6.39. The number of aromatic nitrogens is 3. The number of pyridine rings is 1. The third kappa shape index (κ3) is 1.95. The molecule has 0 aliphatic carbocycles. The Kier molecular flexibility index (Phi) is 2.71. The molecule has 0 aliphatic rings. The molecule has 0 atom stereocenters. The van der Waals surface area contributed by atoms with E-state index in [4.69, 9.17) is 5.73 Å². The fraction of sp³-hybridized carbons (Fsp3) is 0.200. The Balaban J connectivity index is 2.19. The summed E-state index contributed by atoms with van der Waals surface area (Å²) in [5.41, 5.74) is 10.9. The summed E-state index contributed by atoms with van der Waals surface area (Å²) in [5.74, 6) is 0.827. The van der Waals surface area contributed by atoms with Crippen molar-refractivity contribution in [3.05, 3.63) is 47.7 Å². The van der Waals surface area contributed by atoms with Crippen molar-refractivity contribution >= 4 is 11.3 Å². The number of hydrogen-bond acceptors (Lipinski definition) is 3. The predicted octanol–water partition coefficient (Wildman–Crippen LogP) is 2.85. The van der Waals surface area contributed by atoms with E-state index in [2.05, 4.69) is 41.4 Å². The van der Waals surface area contributed by atoms with Crippen LogP contribution in [0.2, 0.25) is 0 Å². The largest absolute Gasteiger partial charge is 0.398 e. The standard InChI is InChI=1S/C15H16N4/c1-3-11-4-6-12(7-5-11)15-18-17-14-10(2)8-13(16)9-19(14)15/h4-9H,3,16H2,1-2H3. The zero-order chi connectivity index (χ0) is 13.4. The normalized spacial score (nSPS) is 11.1. The second-order valence-electron chi connectivity index (χ2n) is 4.72. The molecule has 3 aromatic rings. The van der Waals surface area contributed by atoms with Crippen molar-refractivity contribution in [1.82, 2.24) is 14.6 Å². The van der Waals surface area contributed by atoms with Gasteiger partial charge in [-0.25, -0.2) is 0 Å². The molecule has 19 heavy (non-hydrogen) atoms. The predicted molar refractivity (Wildman–Crippen MR) is 77.0 cm³/mol. The number of aryl methyl sites for hydroxylation is 2. The van der Waals surface area contributed by atoms with Gasteiger partial charge in [-0.3, -0.25) is 4.40 Å². The molecule has 1 aromatic carbocycles. The molecule has 2 aromatic heterocycles. The number of hydrogen-bond donors (Lipinski definition) is 1. The highest BCUT2D eigenvalue weighted by molar-refractivity contribution is 5.63. The van der Waals surface area contributed by atoms with Crippen LogP contribution in [-0.4, -0.2) is 14.6 Å². The molecule has 0 unspecified atom stereocenters. The molecule has 96 valence electrons. The Morgan fingerprint density at radius 2 is 1.89 bits per heavy atom. The molecule has 0 spiro atoms. The molecule has 0 radical (unpaired) electrons. The fourth-order valence-corrected chi connectivity index (χ4v) is 2.27. The van der Waals surface area contributed by atoms with E-state index in [0.717, 1.165) is 34.7 Å². The van der Waals surface area contributed by atoms with Crippen molar-refractivity contribution < 1.29 is 0 Å². The maximum absolute atomic E-state index is 5.90. The Bertz CT molecular complexity index is 726. The van der Waals surface area contributed by atoms with Gasteiger partial charge >= 0.3 is 0 Å². The van der Waals surface area contributed by atoms with Crippen molar-refractivity contribution in [3.63, 3.8) is 0 Å². The van der Waals surface area contributed by atoms with E-state index in [1.54, 1.807) is 0 Å². The van der Waals surface area contributed by atoms with E-state index < -0.39 is 0 Å². The van der Waals surface area contributed by atoms with Crippen LogP contribution in [0, 0.1) is 6.92 Å². The van der Waals surface area contributed by atoms with E-state index in [9.17, 15) is 0 Å². The zero-order valence-electron chi connectivity index (χ0n) is 11.1. The topological polar surface area (TPSA) is 56.2 Å². The Morgan fingerprint density at radius 1 is 1.16 bits per heavy atom. The number of fused-ring (bicyclic) bond motifs is 1. The van der Waals surface area contributed by atoms with Gasteiger partial charge in [0.05, 0.1) is 0 Å². The van der Waals surface area contributed by atoms with Gasteiger partial charge in [-0.1, -0.05) is 31.2 Å². The smallest absolute Gasteiger partial charge is 0.168 e. The summed E-state index contributed by atoms with van der Waals surface area (Å²) in [4.78, 5) is 0. The van der Waals surface area contributed by atoms with Crippen LogP contribution in [0.3, 0.4) is 0 Å². The second-order valence-corrected chi connectivity index (χ2v) is 4.72. The minimum atomic E-state index is 0.719. The lowest BCUT2D eigenvalue weighted by Gasteiger charge is -2.04. The van der Waals surface area contributed by atoms with Gasteiger partial charge in [0.15, 0.2) is 11.5 Å². The summed E-state index contributed by atoms with van der Waals surface area (Å²) < 4.78 is 1.95. The molecule has 0 bridgehead atoms. The molecule has 0 amide bonds. The van der Waals surface area contributed by atoms with E-state index in [-0.39, 0.29) is 0 Å². The number of nitrogens with zero attached hydrogens (tertiary/aromatic N) is 3. The summed E-state index contributed by atoms with van der Waals surface area (Å²) in [7, 11) is 0. The number of nitrogens with two attached hydrogens (primary N) is 1. The zero-order valence-corrected chi connectivity index (χ0v) is 11.1. The SMILES string of the molecule is CCc1ccc(-c2nnc3c(C)cc(N)cn23)cc1. The number of anilines is 1. The van der Waals surface area contributed by atoms with E-state index in [1.165, 1.54) is 5.56 Å². The summed E-state index contributed by atoms with van der Waals surface area (Å²) in [6.45, 7) is 4.13. The summed E-state index contributed by atoms with van der Waals surface area (Å²) in [5, 5.41) is 8.52. The van der Waals surface area contributed by atoms with Gasteiger partial charge in [-0.05, 0) is 30.5 Å². The van der Waals surface area contributed by atoms with Gasteiger partial charge in [0.1, 0.15) is 0 Å². The van der Waals surface area contributed by atoms with Gasteiger partial charge in [0, 0.05) is 17.4 Å². The summed E-state index contributed by atoms with van der Waals surface area (Å²) >= 11 is 0. The van der Waals surface area contributed by atoms with Gasteiger partial charge in [-0.15, -0.1) is 10.2 Å². The third-order valence-electron chi connectivity index (χ3n) is 3.33. The second kappa shape index (κ2) is 4.39. The van der Waals surface area contributed by atoms with E-state index in [0.29, 0.717) is 0 Å². The van der Waals surface area contributed by atoms with Crippen LogP contribution in [0.15, 0.2) is 36.5 Å².